The van der Waals surface area contributed by atoms with Crippen LogP contribution in [0.15, 0.2) is 36.4 Å². The summed E-state index contributed by atoms with van der Waals surface area (Å²) in [6.07, 6.45) is 7.13. The van der Waals surface area contributed by atoms with Gasteiger partial charge in [-0.05, 0) is 98.7 Å². The second-order valence-corrected chi connectivity index (χ2v) is 12.7. The molecule has 8 heteroatoms. The Kier molecular flexibility index (Phi) is 8.01. The molecule has 1 saturated heterocycles. The van der Waals surface area contributed by atoms with E-state index in [1.54, 1.807) is 12.1 Å². The number of aryl methyl sites for hydroxylation is 1. The van der Waals surface area contributed by atoms with Crippen molar-refractivity contribution in [2.75, 3.05) is 37.8 Å². The maximum atomic E-state index is 11.9. The number of anilines is 1. The molecule has 0 radical (unpaired) electrons. The van der Waals surface area contributed by atoms with Crippen molar-refractivity contribution < 1.29 is 29.2 Å². The number of hydrogen-bond acceptors (Lipinski definition) is 6. The van der Waals surface area contributed by atoms with Gasteiger partial charge >= 0.3 is 5.97 Å². The molecule has 0 aromatic heterocycles. The van der Waals surface area contributed by atoms with Gasteiger partial charge in [0.25, 0.3) is 0 Å². The van der Waals surface area contributed by atoms with Crippen LogP contribution in [0.25, 0.3) is 0 Å². The van der Waals surface area contributed by atoms with Crippen LogP contribution in [0.3, 0.4) is 0 Å². The monoisotopic (exact) mass is 569 g/mol. The van der Waals surface area contributed by atoms with Crippen molar-refractivity contribution in [1.29, 1.82) is 0 Å². The predicted octanol–water partition coefficient (Wildman–Crippen LogP) is 5.48. The van der Waals surface area contributed by atoms with E-state index in [9.17, 15) is 15.0 Å². The maximum Gasteiger partial charge on any atom is 0.335 e. The third-order valence-corrected chi connectivity index (χ3v) is 9.88. The summed E-state index contributed by atoms with van der Waals surface area (Å²) < 4.78 is 18.9. The fourth-order valence-corrected chi connectivity index (χ4v) is 7.63. The molecule has 2 aromatic carbocycles. The second-order valence-electron chi connectivity index (χ2n) is 12.3. The molecule has 1 spiro atoms. The van der Waals surface area contributed by atoms with Crippen LogP contribution in [-0.2, 0) is 21.3 Å². The minimum Gasteiger partial charge on any atom is -0.490 e. The van der Waals surface area contributed by atoms with Gasteiger partial charge in [-0.3, -0.25) is 0 Å². The van der Waals surface area contributed by atoms with Crippen LogP contribution >= 0.6 is 11.6 Å². The normalized spacial score (nSPS) is 30.4. The Hall–Kier alpha value is -2.32. The quantitative estimate of drug-likeness (QED) is 0.456. The van der Waals surface area contributed by atoms with E-state index in [1.807, 2.05) is 19.1 Å². The molecule has 6 atom stereocenters. The van der Waals surface area contributed by atoms with E-state index in [-0.39, 0.29) is 35.9 Å². The largest absolute Gasteiger partial charge is 0.490 e. The summed E-state index contributed by atoms with van der Waals surface area (Å²) in [4.78, 5) is 14.3. The van der Waals surface area contributed by atoms with Gasteiger partial charge in [-0.1, -0.05) is 17.7 Å². The molecule has 7 nitrogen and oxygen atoms in total. The molecule has 0 amide bonds. The van der Waals surface area contributed by atoms with E-state index in [1.165, 1.54) is 11.1 Å². The summed E-state index contributed by atoms with van der Waals surface area (Å²) in [6, 6.07) is 11.5. The van der Waals surface area contributed by atoms with Crippen LogP contribution in [-0.4, -0.2) is 67.4 Å². The fraction of sp³-hybridized carbons (Fsp3) is 0.594. The average Bonchev–Trinajstić information content (AvgIpc) is 3.08. The van der Waals surface area contributed by atoms with Crippen molar-refractivity contribution in [3.05, 3.63) is 58.1 Å². The number of carboxylic acid groups (broad SMARTS) is 1. The van der Waals surface area contributed by atoms with Crippen molar-refractivity contribution in [3.8, 4) is 5.75 Å². The van der Waals surface area contributed by atoms with Crippen LogP contribution in [0.2, 0.25) is 5.02 Å². The average molecular weight is 570 g/mol. The molecule has 2 aliphatic heterocycles. The Morgan fingerprint density at radius 1 is 1.23 bits per heavy atom. The van der Waals surface area contributed by atoms with Crippen LogP contribution in [0.5, 0.6) is 5.75 Å². The molecule has 2 unspecified atom stereocenters. The van der Waals surface area contributed by atoms with E-state index in [4.69, 9.17) is 25.8 Å². The lowest BCUT2D eigenvalue weighted by Gasteiger charge is -2.48. The van der Waals surface area contributed by atoms with Crippen LogP contribution < -0.4 is 9.64 Å². The number of aliphatic hydroxyl groups is 1. The van der Waals surface area contributed by atoms with Gasteiger partial charge in [0.1, 0.15) is 5.75 Å². The zero-order valence-electron chi connectivity index (χ0n) is 23.2. The zero-order valence-corrected chi connectivity index (χ0v) is 23.9. The molecular weight excluding hydrogens is 530 g/mol. The lowest BCUT2D eigenvalue weighted by molar-refractivity contribution is -0.134. The van der Waals surface area contributed by atoms with Crippen molar-refractivity contribution >= 4 is 23.3 Å². The van der Waals surface area contributed by atoms with Gasteiger partial charge in [-0.15, -0.1) is 0 Å². The Bertz CT molecular complexity index is 1240. The number of ether oxygens (including phenoxy) is 3. The number of nitrogens with zero attached hydrogens (tertiary/aromatic N) is 1. The highest BCUT2D eigenvalue weighted by atomic mass is 35.5. The summed E-state index contributed by atoms with van der Waals surface area (Å²) in [5.41, 5.74) is 3.54. The number of benzene rings is 2. The fourth-order valence-electron chi connectivity index (χ4n) is 7.43. The molecular formula is C32H40ClNO6. The first-order valence-electron chi connectivity index (χ1n) is 14.8. The van der Waals surface area contributed by atoms with Gasteiger partial charge in [-0.2, -0.15) is 0 Å². The molecule has 2 heterocycles. The number of aliphatic hydroxyl groups excluding tert-OH is 1. The highest BCUT2D eigenvalue weighted by Gasteiger charge is 2.45. The number of carboxylic acids is 1. The number of hydrogen-bond donors (Lipinski definition) is 2. The minimum absolute atomic E-state index is 0.0277. The number of aromatic carboxylic acids is 1. The summed E-state index contributed by atoms with van der Waals surface area (Å²) in [6.45, 7) is 4.77. The molecule has 0 bridgehead atoms. The number of carbonyl (C=O) groups is 1. The number of halogens is 1. The second kappa shape index (κ2) is 11.5. The van der Waals surface area contributed by atoms with Gasteiger partial charge in [0, 0.05) is 36.6 Å². The van der Waals surface area contributed by atoms with Crippen LogP contribution in [0, 0.1) is 11.8 Å². The smallest absolute Gasteiger partial charge is 0.335 e. The van der Waals surface area contributed by atoms with E-state index in [0.29, 0.717) is 25.0 Å². The molecule has 2 aliphatic carbocycles. The minimum atomic E-state index is -0.931. The summed E-state index contributed by atoms with van der Waals surface area (Å²) >= 11 is 6.39. The first kappa shape index (κ1) is 27.8. The topological polar surface area (TPSA) is 88.5 Å². The standard InChI is InChI=1S/C32H40ClNO6/c1-20(17-35)40-25-10-12-38-30(15-25)26-7-4-23(26)16-34-18-32(11-2-3-21-13-24(33)6-8-27(21)32)19-39-29-9-5-22(31(36)37)14-28(29)34/h5-6,8-9,13-14,20,23,25-26,30,35H,2-4,7,10-12,15-19H2,1H3,(H,36,37)/t20?,23-,25-,26+,30-,32?/m0/s1. The van der Waals surface area contributed by atoms with Gasteiger partial charge in [0.2, 0.25) is 0 Å². The van der Waals surface area contributed by atoms with Crippen molar-refractivity contribution in [3.63, 3.8) is 0 Å². The van der Waals surface area contributed by atoms with Gasteiger partial charge in [0.15, 0.2) is 0 Å². The first-order chi connectivity index (χ1) is 19.3. The van der Waals surface area contributed by atoms with Crippen molar-refractivity contribution in [2.45, 2.75) is 75.6 Å². The highest BCUT2D eigenvalue weighted by molar-refractivity contribution is 6.30. The lowest BCUT2D eigenvalue weighted by Crippen LogP contribution is -2.51. The van der Waals surface area contributed by atoms with Gasteiger partial charge < -0.3 is 29.3 Å². The number of fused-ring (bicyclic) bond motifs is 3. The Balaban J connectivity index is 1.28. The highest BCUT2D eigenvalue weighted by Crippen LogP contribution is 2.47. The summed E-state index contributed by atoms with van der Waals surface area (Å²) in [5.74, 6) is 0.683. The van der Waals surface area contributed by atoms with E-state index < -0.39 is 5.97 Å². The van der Waals surface area contributed by atoms with E-state index >= 15 is 0 Å². The molecule has 1 saturated carbocycles. The molecule has 40 heavy (non-hydrogen) atoms. The third kappa shape index (κ3) is 5.46. The molecule has 2 N–H and O–H groups in total. The van der Waals surface area contributed by atoms with Gasteiger partial charge in [-0.25, -0.2) is 4.79 Å². The van der Waals surface area contributed by atoms with Crippen molar-refractivity contribution in [2.24, 2.45) is 11.8 Å². The summed E-state index contributed by atoms with van der Waals surface area (Å²) in [7, 11) is 0. The molecule has 6 rings (SSSR count). The Morgan fingerprint density at radius 3 is 2.88 bits per heavy atom. The predicted molar refractivity (Wildman–Crippen MR) is 154 cm³/mol. The van der Waals surface area contributed by atoms with E-state index in [2.05, 4.69) is 17.0 Å². The van der Waals surface area contributed by atoms with E-state index in [0.717, 1.165) is 74.5 Å². The summed E-state index contributed by atoms with van der Waals surface area (Å²) in [5, 5.41) is 20.0. The third-order valence-electron chi connectivity index (χ3n) is 9.64. The lowest BCUT2D eigenvalue weighted by atomic mass is 9.67. The maximum absolute atomic E-state index is 11.9. The SMILES string of the molecule is CC(CO)O[C@H]1CCO[C@H]([C@@H]2CC[C@H]2CN2CC3(CCCc4cc(Cl)ccc43)COc3ccc(C(=O)O)cc32)C1. The zero-order chi connectivity index (χ0) is 27.9. The number of rotatable bonds is 7. The van der Waals surface area contributed by atoms with Gasteiger partial charge in [0.05, 0.1) is 42.8 Å². The molecule has 4 aliphatic rings. The Morgan fingerprint density at radius 2 is 2.10 bits per heavy atom. The van der Waals surface area contributed by atoms with Crippen LogP contribution in [0.4, 0.5) is 5.69 Å². The molecule has 2 fully saturated rings. The van der Waals surface area contributed by atoms with Crippen LogP contribution in [0.1, 0.15) is 66.9 Å². The molecule has 216 valence electrons. The molecule has 2 aromatic rings. The van der Waals surface area contributed by atoms with Crippen molar-refractivity contribution in [1.82, 2.24) is 0 Å². The first-order valence-corrected chi connectivity index (χ1v) is 15.1. The Labute approximate surface area is 241 Å².